The fourth-order valence-electron chi connectivity index (χ4n) is 2.57. The molecule has 0 aromatic heterocycles. The Balaban J connectivity index is 4.91. The molecule has 0 aliphatic heterocycles. The van der Waals surface area contributed by atoms with E-state index >= 15 is 0 Å². The van der Waals surface area contributed by atoms with E-state index in [-0.39, 0.29) is 0 Å². The Hall–Kier alpha value is 0.771. The summed E-state index contributed by atoms with van der Waals surface area (Å²) in [5.41, 5.74) is 0. The first-order valence-electron chi connectivity index (χ1n) is 8.74. The average Bonchev–Trinajstić information content (AvgIpc) is 2.46. The van der Waals surface area contributed by atoms with Gasteiger partial charge in [-0.3, -0.25) is 0 Å². The second kappa shape index (κ2) is 12.2. The van der Waals surface area contributed by atoms with Gasteiger partial charge in [-0.05, 0) is 0 Å². The number of rotatable bonds is 14. The zero-order chi connectivity index (χ0) is 16.2. The molecule has 0 fully saturated rings. The van der Waals surface area contributed by atoms with Crippen LogP contribution in [0.4, 0.5) is 0 Å². The molecule has 0 rings (SSSR count). The van der Waals surface area contributed by atoms with Crippen molar-refractivity contribution in [2.24, 2.45) is 0 Å². The molecular weight excluding hydrogens is 320 g/mol. The minimum absolute atomic E-state index is 0.382. The van der Waals surface area contributed by atoms with Crippen LogP contribution in [0.1, 0.15) is 72.6 Å². The van der Waals surface area contributed by atoms with Gasteiger partial charge in [0, 0.05) is 0 Å². The second-order valence-corrected chi connectivity index (χ2v) is 13.2. The van der Waals surface area contributed by atoms with E-state index in [1.807, 2.05) is 6.92 Å². The molecule has 0 aromatic rings. The molecular formula is C15H36O4SiTi. The molecule has 21 heavy (non-hydrogen) atoms. The summed E-state index contributed by atoms with van der Waals surface area (Å²) in [7, 11) is -2.09. The van der Waals surface area contributed by atoms with Crippen LogP contribution in [0.5, 0.6) is 0 Å². The van der Waals surface area contributed by atoms with Crippen molar-refractivity contribution in [3.63, 3.8) is 0 Å². The third kappa shape index (κ3) is 10.2. The molecule has 0 radical (unpaired) electrons. The predicted molar refractivity (Wildman–Crippen MR) is 86.7 cm³/mol. The van der Waals surface area contributed by atoms with Gasteiger partial charge >= 0.3 is 138 Å². The van der Waals surface area contributed by atoms with Crippen molar-refractivity contribution in [3.05, 3.63) is 0 Å². The molecule has 0 atom stereocenters. The van der Waals surface area contributed by atoms with E-state index in [4.69, 9.17) is 6.33 Å². The minimum atomic E-state index is -4.49. The summed E-state index contributed by atoms with van der Waals surface area (Å²) in [5, 5.41) is 0. The van der Waals surface area contributed by atoms with E-state index in [1.54, 1.807) is 0 Å². The molecule has 0 saturated heterocycles. The van der Waals surface area contributed by atoms with Gasteiger partial charge in [-0.1, -0.05) is 0 Å². The van der Waals surface area contributed by atoms with E-state index < -0.39 is 26.5 Å². The van der Waals surface area contributed by atoms with Crippen molar-refractivity contribution in [2.45, 2.75) is 90.8 Å². The third-order valence-electron chi connectivity index (χ3n) is 3.80. The Labute approximate surface area is 137 Å². The maximum absolute atomic E-state index is 10.2. The second-order valence-electron chi connectivity index (χ2n) is 5.99. The molecule has 0 saturated carbocycles. The van der Waals surface area contributed by atoms with Gasteiger partial charge in [0.15, 0.2) is 0 Å². The first-order valence-corrected chi connectivity index (χ1v) is 13.9. The molecule has 0 heterocycles. The molecule has 0 unspecified atom stereocenters. The molecule has 0 bridgehead atoms. The van der Waals surface area contributed by atoms with Crippen LogP contribution in [0.2, 0.25) is 18.1 Å². The summed E-state index contributed by atoms with van der Waals surface area (Å²) in [6.45, 7) is 8.89. The fourth-order valence-corrected chi connectivity index (χ4v) is 12.3. The van der Waals surface area contributed by atoms with Crippen LogP contribution < -0.4 is 0 Å². The SMILES string of the molecule is CCCC[Si](CCCC)(CCCC)[O][Ti]([OH])([OH])[O]CCC. The summed E-state index contributed by atoms with van der Waals surface area (Å²) in [6.07, 6.45) is 7.52. The first-order chi connectivity index (χ1) is 9.95. The number of hydrogen-bond acceptors (Lipinski definition) is 4. The summed E-state index contributed by atoms with van der Waals surface area (Å²) >= 11 is -4.49. The van der Waals surface area contributed by atoms with E-state index in [2.05, 4.69) is 20.8 Å². The Bertz CT molecular complexity index is 230. The van der Waals surface area contributed by atoms with Crippen LogP contribution >= 0.6 is 0 Å². The van der Waals surface area contributed by atoms with Gasteiger partial charge in [0.2, 0.25) is 0 Å². The van der Waals surface area contributed by atoms with E-state index in [0.29, 0.717) is 6.61 Å². The van der Waals surface area contributed by atoms with Crippen LogP contribution in [-0.4, -0.2) is 22.3 Å². The summed E-state index contributed by atoms with van der Waals surface area (Å²) in [4.78, 5) is 0. The van der Waals surface area contributed by atoms with Crippen LogP contribution in [0.15, 0.2) is 0 Å². The molecule has 0 aliphatic carbocycles. The van der Waals surface area contributed by atoms with Crippen molar-refractivity contribution in [1.29, 1.82) is 0 Å². The van der Waals surface area contributed by atoms with Gasteiger partial charge in [0.25, 0.3) is 0 Å². The van der Waals surface area contributed by atoms with Gasteiger partial charge in [-0.15, -0.1) is 0 Å². The Kier molecular flexibility index (Phi) is 12.7. The topological polar surface area (TPSA) is 58.9 Å². The molecule has 128 valence electrons. The Morgan fingerprint density at radius 3 is 1.52 bits per heavy atom. The number of hydrogen-bond donors (Lipinski definition) is 2. The first kappa shape index (κ1) is 21.8. The van der Waals surface area contributed by atoms with Crippen LogP contribution in [0, 0.1) is 0 Å². The van der Waals surface area contributed by atoms with Crippen molar-refractivity contribution < 1.29 is 31.8 Å². The van der Waals surface area contributed by atoms with Crippen molar-refractivity contribution in [3.8, 4) is 0 Å². The molecule has 6 heteroatoms. The molecule has 0 aromatic carbocycles. The van der Waals surface area contributed by atoms with Crippen molar-refractivity contribution in [1.82, 2.24) is 0 Å². The monoisotopic (exact) mass is 356 g/mol. The molecule has 0 aliphatic rings. The zero-order valence-electron chi connectivity index (χ0n) is 14.5. The number of unbranched alkanes of at least 4 members (excludes halogenated alkanes) is 3. The standard InChI is InChI=1S/C12H27OSi.C3H7O.2H2O.Ti/c1-4-7-10-14(13,11-8-5-2)12-9-6-3;1-2-3-4;;;/h4-12H2,1-3H3;2-3H2,1H3;2*1H2;/q2*-1;;;+4/p-2. The van der Waals surface area contributed by atoms with Gasteiger partial charge in [-0.2, -0.15) is 0 Å². The Morgan fingerprint density at radius 1 is 0.762 bits per heavy atom. The van der Waals surface area contributed by atoms with Crippen molar-refractivity contribution >= 4 is 8.32 Å². The van der Waals surface area contributed by atoms with Gasteiger partial charge in [0.05, 0.1) is 0 Å². The predicted octanol–water partition coefficient (Wildman–Crippen LogP) is 4.57. The van der Waals surface area contributed by atoms with Gasteiger partial charge in [-0.25, -0.2) is 0 Å². The van der Waals surface area contributed by atoms with E-state index in [0.717, 1.165) is 63.1 Å². The molecule has 0 amide bonds. The maximum atomic E-state index is 10.2. The van der Waals surface area contributed by atoms with Crippen LogP contribution in [0.25, 0.3) is 0 Å². The summed E-state index contributed by atoms with van der Waals surface area (Å²) in [6, 6.07) is 3.10. The normalized spacial score (nSPS) is 12.9. The van der Waals surface area contributed by atoms with Gasteiger partial charge in [0.1, 0.15) is 0 Å². The third-order valence-corrected chi connectivity index (χ3v) is 12.5. The van der Waals surface area contributed by atoms with Crippen molar-refractivity contribution in [2.75, 3.05) is 6.61 Å². The average molecular weight is 356 g/mol. The van der Waals surface area contributed by atoms with Gasteiger partial charge < -0.3 is 0 Å². The molecule has 4 nitrogen and oxygen atoms in total. The van der Waals surface area contributed by atoms with E-state index in [9.17, 15) is 7.38 Å². The summed E-state index contributed by atoms with van der Waals surface area (Å²) < 4.78 is 31.8. The molecule has 2 N–H and O–H groups in total. The fraction of sp³-hybridized carbons (Fsp3) is 1.00. The quantitative estimate of drug-likeness (QED) is 0.448. The Morgan fingerprint density at radius 2 is 1.19 bits per heavy atom. The zero-order valence-corrected chi connectivity index (χ0v) is 17.1. The molecule has 0 spiro atoms. The summed E-state index contributed by atoms with van der Waals surface area (Å²) in [5.74, 6) is 0. The van der Waals surface area contributed by atoms with E-state index in [1.165, 1.54) is 0 Å². The van der Waals surface area contributed by atoms with Crippen LogP contribution in [0.3, 0.4) is 0 Å². The van der Waals surface area contributed by atoms with Crippen LogP contribution in [-0.2, 0) is 24.5 Å².